The number of aromatic amines is 1. The first-order valence-corrected chi connectivity index (χ1v) is 8.57. The van der Waals surface area contributed by atoms with E-state index < -0.39 is 6.04 Å². The highest BCUT2D eigenvalue weighted by atomic mass is 79.9. The molecule has 0 aliphatic carbocycles. The van der Waals surface area contributed by atoms with Crippen LogP contribution in [0.5, 0.6) is 0 Å². The molecule has 3 aromatic rings. The first kappa shape index (κ1) is 17.2. The number of ether oxygens (including phenoxy) is 1. The number of fused-ring (bicyclic) bond motifs is 1. The van der Waals surface area contributed by atoms with Gasteiger partial charge < -0.3 is 15.0 Å². The SMILES string of the molecule is COC(=O)CC(NC(=O)c1cc2ccccc2[nH]1)c1ccc(Br)cc1. The number of benzene rings is 2. The maximum atomic E-state index is 12.6. The lowest BCUT2D eigenvalue weighted by Gasteiger charge is -2.18. The van der Waals surface area contributed by atoms with Gasteiger partial charge in [-0.05, 0) is 29.8 Å². The van der Waals surface area contributed by atoms with Crippen molar-refractivity contribution in [3.05, 3.63) is 70.3 Å². The molecule has 2 aromatic carbocycles. The number of halogens is 1. The van der Waals surface area contributed by atoms with E-state index in [1.807, 2.05) is 48.5 Å². The van der Waals surface area contributed by atoms with E-state index in [1.54, 1.807) is 6.07 Å². The Morgan fingerprint density at radius 3 is 2.56 bits per heavy atom. The number of amides is 1. The van der Waals surface area contributed by atoms with Gasteiger partial charge in [0.2, 0.25) is 0 Å². The van der Waals surface area contributed by atoms with Crippen molar-refractivity contribution in [1.82, 2.24) is 10.3 Å². The number of carbonyl (C=O) groups excluding carboxylic acids is 2. The first-order valence-electron chi connectivity index (χ1n) is 7.77. The van der Waals surface area contributed by atoms with Crippen LogP contribution in [0.4, 0.5) is 0 Å². The zero-order valence-electron chi connectivity index (χ0n) is 13.6. The normalized spacial score (nSPS) is 11.9. The number of hydrogen-bond acceptors (Lipinski definition) is 3. The van der Waals surface area contributed by atoms with Gasteiger partial charge in [0.05, 0.1) is 19.6 Å². The van der Waals surface area contributed by atoms with Crippen LogP contribution in [-0.4, -0.2) is 24.0 Å². The standard InChI is InChI=1S/C19H17BrN2O3/c1-25-18(23)11-16(12-6-8-14(20)9-7-12)22-19(24)17-10-13-4-2-3-5-15(13)21-17/h2-10,16,21H,11H2,1H3,(H,22,24). The summed E-state index contributed by atoms with van der Waals surface area (Å²) >= 11 is 3.38. The van der Waals surface area contributed by atoms with Crippen molar-refractivity contribution in [2.45, 2.75) is 12.5 Å². The van der Waals surface area contributed by atoms with Crippen molar-refractivity contribution in [1.29, 1.82) is 0 Å². The van der Waals surface area contributed by atoms with Crippen LogP contribution in [0.2, 0.25) is 0 Å². The largest absolute Gasteiger partial charge is 0.469 e. The Labute approximate surface area is 153 Å². The topological polar surface area (TPSA) is 71.2 Å². The van der Waals surface area contributed by atoms with Gasteiger partial charge in [-0.15, -0.1) is 0 Å². The fourth-order valence-corrected chi connectivity index (χ4v) is 2.89. The molecule has 0 fully saturated rings. The third-order valence-electron chi connectivity index (χ3n) is 3.95. The van der Waals surface area contributed by atoms with E-state index in [-0.39, 0.29) is 18.3 Å². The van der Waals surface area contributed by atoms with Gasteiger partial charge in [0, 0.05) is 15.4 Å². The van der Waals surface area contributed by atoms with Crippen molar-refractivity contribution >= 4 is 38.7 Å². The molecule has 0 aliphatic heterocycles. The molecule has 1 heterocycles. The molecule has 0 saturated heterocycles. The monoisotopic (exact) mass is 400 g/mol. The van der Waals surface area contributed by atoms with Gasteiger partial charge in [-0.1, -0.05) is 46.3 Å². The fourth-order valence-electron chi connectivity index (χ4n) is 2.63. The molecule has 1 atom stereocenters. The highest BCUT2D eigenvalue weighted by Crippen LogP contribution is 2.21. The highest BCUT2D eigenvalue weighted by Gasteiger charge is 2.20. The van der Waals surface area contributed by atoms with Gasteiger partial charge in [0.1, 0.15) is 5.69 Å². The molecule has 1 unspecified atom stereocenters. The van der Waals surface area contributed by atoms with Crippen LogP contribution >= 0.6 is 15.9 Å². The molecule has 0 bridgehead atoms. The number of aromatic nitrogens is 1. The van der Waals surface area contributed by atoms with Crippen LogP contribution in [0.3, 0.4) is 0 Å². The average Bonchev–Trinajstić information content (AvgIpc) is 3.06. The lowest BCUT2D eigenvalue weighted by atomic mass is 10.0. The minimum absolute atomic E-state index is 0.0596. The average molecular weight is 401 g/mol. The molecule has 2 N–H and O–H groups in total. The van der Waals surface area contributed by atoms with E-state index in [2.05, 4.69) is 26.2 Å². The van der Waals surface area contributed by atoms with Crippen LogP contribution in [0.25, 0.3) is 10.9 Å². The molecule has 1 amide bonds. The maximum Gasteiger partial charge on any atom is 0.307 e. The van der Waals surface area contributed by atoms with E-state index in [0.29, 0.717) is 5.69 Å². The van der Waals surface area contributed by atoms with Crippen LogP contribution in [0.15, 0.2) is 59.1 Å². The molecule has 1 aromatic heterocycles. The molecular formula is C19H17BrN2O3. The number of H-pyrrole nitrogens is 1. The van der Waals surface area contributed by atoms with Gasteiger partial charge in [-0.2, -0.15) is 0 Å². The van der Waals surface area contributed by atoms with Crippen molar-refractivity contribution in [2.75, 3.05) is 7.11 Å². The quantitative estimate of drug-likeness (QED) is 0.636. The number of para-hydroxylation sites is 1. The smallest absolute Gasteiger partial charge is 0.307 e. The third-order valence-corrected chi connectivity index (χ3v) is 4.48. The summed E-state index contributed by atoms with van der Waals surface area (Å²) in [6, 6.07) is 16.5. The number of hydrogen-bond donors (Lipinski definition) is 2. The third kappa shape index (κ3) is 4.09. The summed E-state index contributed by atoms with van der Waals surface area (Å²) in [6.07, 6.45) is 0.0596. The molecule has 128 valence electrons. The van der Waals surface area contributed by atoms with Crippen molar-refractivity contribution in [3.63, 3.8) is 0 Å². The Kier molecular flexibility index (Phi) is 5.19. The molecule has 3 rings (SSSR count). The fraction of sp³-hybridized carbons (Fsp3) is 0.158. The van der Waals surface area contributed by atoms with Crippen molar-refractivity contribution in [3.8, 4) is 0 Å². The Morgan fingerprint density at radius 2 is 1.88 bits per heavy atom. The lowest BCUT2D eigenvalue weighted by molar-refractivity contribution is -0.141. The summed E-state index contributed by atoms with van der Waals surface area (Å²) in [6.45, 7) is 0. The predicted molar refractivity (Wildman–Crippen MR) is 99.3 cm³/mol. The minimum atomic E-state index is -0.473. The molecule has 25 heavy (non-hydrogen) atoms. The van der Waals surface area contributed by atoms with Crippen LogP contribution in [0.1, 0.15) is 28.5 Å². The van der Waals surface area contributed by atoms with E-state index in [0.717, 1.165) is 20.9 Å². The van der Waals surface area contributed by atoms with Gasteiger partial charge in [0.25, 0.3) is 5.91 Å². The molecule has 0 radical (unpaired) electrons. The maximum absolute atomic E-state index is 12.6. The first-order chi connectivity index (χ1) is 12.1. The number of nitrogens with one attached hydrogen (secondary N) is 2. The second-order valence-corrected chi connectivity index (χ2v) is 6.54. The zero-order valence-corrected chi connectivity index (χ0v) is 15.2. The van der Waals surface area contributed by atoms with Crippen LogP contribution in [-0.2, 0) is 9.53 Å². The Hall–Kier alpha value is -2.60. The Bertz CT molecular complexity index is 869. The van der Waals surface area contributed by atoms with E-state index in [9.17, 15) is 9.59 Å². The van der Waals surface area contributed by atoms with Gasteiger partial charge in [-0.25, -0.2) is 0 Å². The molecule has 6 heteroatoms. The van der Waals surface area contributed by atoms with Crippen molar-refractivity contribution < 1.29 is 14.3 Å². The highest BCUT2D eigenvalue weighted by molar-refractivity contribution is 9.10. The second-order valence-electron chi connectivity index (χ2n) is 5.63. The zero-order chi connectivity index (χ0) is 17.8. The Morgan fingerprint density at radius 1 is 1.16 bits per heavy atom. The predicted octanol–water partition coefficient (Wildman–Crippen LogP) is 3.96. The van der Waals surface area contributed by atoms with Gasteiger partial charge in [0.15, 0.2) is 0 Å². The molecule has 0 aliphatic rings. The van der Waals surface area contributed by atoms with E-state index >= 15 is 0 Å². The van der Waals surface area contributed by atoms with E-state index in [1.165, 1.54) is 7.11 Å². The lowest BCUT2D eigenvalue weighted by Crippen LogP contribution is -2.30. The van der Waals surface area contributed by atoms with Gasteiger partial charge in [-0.3, -0.25) is 9.59 Å². The summed E-state index contributed by atoms with van der Waals surface area (Å²) < 4.78 is 5.68. The van der Waals surface area contributed by atoms with Crippen LogP contribution in [0, 0.1) is 0 Å². The molecule has 5 nitrogen and oxygen atoms in total. The summed E-state index contributed by atoms with van der Waals surface area (Å²) in [5.74, 6) is -0.655. The van der Waals surface area contributed by atoms with Crippen molar-refractivity contribution in [2.24, 2.45) is 0 Å². The molecule has 0 saturated carbocycles. The Balaban J connectivity index is 1.84. The van der Waals surface area contributed by atoms with Gasteiger partial charge >= 0.3 is 5.97 Å². The summed E-state index contributed by atoms with van der Waals surface area (Å²) in [5, 5.41) is 3.87. The number of methoxy groups -OCH3 is 1. The molecular weight excluding hydrogens is 384 g/mol. The summed E-state index contributed by atoms with van der Waals surface area (Å²) in [4.78, 5) is 27.5. The number of carbonyl (C=O) groups is 2. The second kappa shape index (κ2) is 7.53. The van der Waals surface area contributed by atoms with E-state index in [4.69, 9.17) is 4.74 Å². The minimum Gasteiger partial charge on any atom is -0.469 e. The molecule has 0 spiro atoms. The number of rotatable bonds is 5. The van der Waals surface area contributed by atoms with Crippen LogP contribution < -0.4 is 5.32 Å². The number of esters is 1. The summed E-state index contributed by atoms with van der Waals surface area (Å²) in [7, 11) is 1.33. The summed E-state index contributed by atoms with van der Waals surface area (Å²) in [5.41, 5.74) is 2.17.